The Balaban J connectivity index is 2.00. The van der Waals surface area contributed by atoms with Crippen molar-refractivity contribution in [2.75, 3.05) is 6.61 Å². The third-order valence-electron chi connectivity index (χ3n) is 3.46. The maximum absolute atomic E-state index is 5.55. The molecule has 106 valence electrons. The second-order valence-corrected chi connectivity index (χ2v) is 5.18. The maximum atomic E-state index is 5.55. The Kier molecular flexibility index (Phi) is 5.67. The number of hydrogen-bond acceptors (Lipinski definition) is 1. The smallest absolute Gasteiger partial charge is 0.119 e. The highest BCUT2D eigenvalue weighted by atomic mass is 16.5. The fourth-order valence-electron chi connectivity index (χ4n) is 2.35. The molecule has 0 fully saturated rings. The summed E-state index contributed by atoms with van der Waals surface area (Å²) in [5.41, 5.74) is 4.11. The molecule has 0 N–H and O–H groups in total. The van der Waals surface area contributed by atoms with Crippen molar-refractivity contribution in [3.63, 3.8) is 0 Å². The SMILES string of the molecule is CCCCc1ccc(Cc2cccc(OCC)c2)cc1. The summed E-state index contributed by atoms with van der Waals surface area (Å²) < 4.78 is 5.55. The number of benzene rings is 2. The number of hydrogen-bond donors (Lipinski definition) is 0. The molecule has 0 atom stereocenters. The van der Waals surface area contributed by atoms with Crippen molar-refractivity contribution < 1.29 is 4.74 Å². The van der Waals surface area contributed by atoms with Crippen molar-refractivity contribution in [3.8, 4) is 5.75 Å². The molecule has 20 heavy (non-hydrogen) atoms. The van der Waals surface area contributed by atoms with Gasteiger partial charge in [-0.1, -0.05) is 49.7 Å². The summed E-state index contributed by atoms with van der Waals surface area (Å²) in [6.07, 6.45) is 4.69. The molecule has 0 unspecified atom stereocenters. The van der Waals surface area contributed by atoms with E-state index in [0.717, 1.165) is 18.8 Å². The van der Waals surface area contributed by atoms with Gasteiger partial charge in [0.05, 0.1) is 6.61 Å². The Bertz CT molecular complexity index is 514. The monoisotopic (exact) mass is 268 g/mol. The standard InChI is InChI=1S/C19H24O/c1-3-5-7-16-10-12-17(13-11-16)14-18-8-6-9-19(15-18)20-4-2/h6,8-13,15H,3-5,7,14H2,1-2H3. The molecule has 2 aromatic rings. The Morgan fingerprint density at radius 2 is 1.60 bits per heavy atom. The summed E-state index contributed by atoms with van der Waals surface area (Å²) in [6.45, 7) is 4.97. The number of aryl methyl sites for hydroxylation is 1. The average molecular weight is 268 g/mol. The van der Waals surface area contributed by atoms with Gasteiger partial charge in [0.1, 0.15) is 5.75 Å². The molecule has 1 nitrogen and oxygen atoms in total. The van der Waals surface area contributed by atoms with Crippen LogP contribution in [-0.2, 0) is 12.8 Å². The van der Waals surface area contributed by atoms with Crippen molar-refractivity contribution in [2.24, 2.45) is 0 Å². The minimum absolute atomic E-state index is 0.718. The van der Waals surface area contributed by atoms with Gasteiger partial charge in [0.2, 0.25) is 0 Å². The highest BCUT2D eigenvalue weighted by Gasteiger charge is 2.00. The highest BCUT2D eigenvalue weighted by Crippen LogP contribution is 2.17. The summed E-state index contributed by atoms with van der Waals surface area (Å²) in [7, 11) is 0. The van der Waals surface area contributed by atoms with E-state index in [4.69, 9.17) is 4.74 Å². The molecule has 0 radical (unpaired) electrons. The molecule has 0 aliphatic heterocycles. The van der Waals surface area contributed by atoms with Gasteiger partial charge in [0.25, 0.3) is 0 Å². The minimum atomic E-state index is 0.718. The third kappa shape index (κ3) is 4.41. The van der Waals surface area contributed by atoms with Gasteiger partial charge in [-0.3, -0.25) is 0 Å². The summed E-state index contributed by atoms with van der Waals surface area (Å²) in [4.78, 5) is 0. The van der Waals surface area contributed by atoms with E-state index in [1.54, 1.807) is 0 Å². The zero-order valence-corrected chi connectivity index (χ0v) is 12.6. The predicted molar refractivity (Wildman–Crippen MR) is 85.5 cm³/mol. The lowest BCUT2D eigenvalue weighted by atomic mass is 10.0. The third-order valence-corrected chi connectivity index (χ3v) is 3.46. The topological polar surface area (TPSA) is 9.23 Å². The molecule has 0 saturated carbocycles. The molecule has 0 spiro atoms. The molecule has 0 aliphatic carbocycles. The van der Waals surface area contributed by atoms with Crippen LogP contribution in [0.2, 0.25) is 0 Å². The van der Waals surface area contributed by atoms with Gasteiger partial charge in [-0.2, -0.15) is 0 Å². The molecule has 0 bridgehead atoms. The van der Waals surface area contributed by atoms with Crippen LogP contribution in [0.3, 0.4) is 0 Å². The Morgan fingerprint density at radius 3 is 2.30 bits per heavy atom. The van der Waals surface area contributed by atoms with Gasteiger partial charge in [-0.15, -0.1) is 0 Å². The van der Waals surface area contributed by atoms with Crippen LogP contribution in [0.4, 0.5) is 0 Å². The summed E-state index contributed by atoms with van der Waals surface area (Å²) in [6, 6.07) is 17.4. The predicted octanol–water partition coefficient (Wildman–Crippen LogP) is 5.02. The van der Waals surface area contributed by atoms with Crippen molar-refractivity contribution >= 4 is 0 Å². The zero-order valence-electron chi connectivity index (χ0n) is 12.6. The van der Waals surface area contributed by atoms with Gasteiger partial charge >= 0.3 is 0 Å². The lowest BCUT2D eigenvalue weighted by Crippen LogP contribution is -1.94. The van der Waals surface area contributed by atoms with Gasteiger partial charge in [-0.05, 0) is 55.0 Å². The van der Waals surface area contributed by atoms with Gasteiger partial charge in [-0.25, -0.2) is 0 Å². The summed E-state index contributed by atoms with van der Waals surface area (Å²) in [5.74, 6) is 0.963. The van der Waals surface area contributed by atoms with E-state index in [2.05, 4.69) is 49.4 Å². The first-order valence-corrected chi connectivity index (χ1v) is 7.61. The minimum Gasteiger partial charge on any atom is -0.494 e. The largest absolute Gasteiger partial charge is 0.494 e. The van der Waals surface area contributed by atoms with Gasteiger partial charge in [0.15, 0.2) is 0 Å². The number of ether oxygens (including phenoxy) is 1. The van der Waals surface area contributed by atoms with Gasteiger partial charge < -0.3 is 4.74 Å². The Morgan fingerprint density at radius 1 is 0.850 bits per heavy atom. The van der Waals surface area contributed by atoms with Crippen LogP contribution in [0, 0.1) is 0 Å². The van der Waals surface area contributed by atoms with E-state index in [1.807, 2.05) is 13.0 Å². The van der Waals surface area contributed by atoms with E-state index >= 15 is 0 Å². The first kappa shape index (κ1) is 14.6. The Hall–Kier alpha value is -1.76. The Labute approximate surface area is 122 Å². The fourth-order valence-corrected chi connectivity index (χ4v) is 2.35. The molecule has 2 rings (SSSR count). The maximum Gasteiger partial charge on any atom is 0.119 e. The molecule has 0 heterocycles. The molecule has 2 aromatic carbocycles. The molecule has 0 amide bonds. The first-order valence-electron chi connectivity index (χ1n) is 7.61. The van der Waals surface area contributed by atoms with Crippen molar-refractivity contribution in [3.05, 3.63) is 65.2 Å². The van der Waals surface area contributed by atoms with E-state index < -0.39 is 0 Å². The highest BCUT2D eigenvalue weighted by molar-refractivity contribution is 5.33. The van der Waals surface area contributed by atoms with Crippen LogP contribution < -0.4 is 4.74 Å². The van der Waals surface area contributed by atoms with E-state index in [-0.39, 0.29) is 0 Å². The second-order valence-electron chi connectivity index (χ2n) is 5.18. The molecule has 0 aromatic heterocycles. The van der Waals surface area contributed by atoms with Gasteiger partial charge in [0, 0.05) is 0 Å². The van der Waals surface area contributed by atoms with Crippen molar-refractivity contribution in [1.82, 2.24) is 0 Å². The van der Waals surface area contributed by atoms with E-state index in [1.165, 1.54) is 36.0 Å². The van der Waals surface area contributed by atoms with Crippen LogP contribution in [0.1, 0.15) is 43.4 Å². The molecular weight excluding hydrogens is 244 g/mol. The van der Waals surface area contributed by atoms with E-state index in [0.29, 0.717) is 0 Å². The lowest BCUT2D eigenvalue weighted by molar-refractivity contribution is 0.340. The lowest BCUT2D eigenvalue weighted by Gasteiger charge is -2.07. The average Bonchev–Trinajstić information content (AvgIpc) is 2.47. The number of rotatable bonds is 7. The summed E-state index contributed by atoms with van der Waals surface area (Å²) in [5, 5.41) is 0. The van der Waals surface area contributed by atoms with Crippen LogP contribution in [-0.4, -0.2) is 6.61 Å². The van der Waals surface area contributed by atoms with Crippen molar-refractivity contribution in [1.29, 1.82) is 0 Å². The molecular formula is C19H24O. The van der Waals surface area contributed by atoms with Crippen LogP contribution in [0.5, 0.6) is 5.75 Å². The van der Waals surface area contributed by atoms with Crippen LogP contribution in [0.25, 0.3) is 0 Å². The quantitative estimate of drug-likeness (QED) is 0.685. The van der Waals surface area contributed by atoms with Crippen molar-refractivity contribution in [2.45, 2.75) is 39.5 Å². The fraction of sp³-hybridized carbons (Fsp3) is 0.368. The normalized spacial score (nSPS) is 10.5. The number of unbranched alkanes of at least 4 members (excludes halogenated alkanes) is 1. The zero-order chi connectivity index (χ0) is 14.2. The first-order chi connectivity index (χ1) is 9.81. The van der Waals surface area contributed by atoms with E-state index in [9.17, 15) is 0 Å². The molecule has 1 heteroatoms. The van der Waals surface area contributed by atoms with Crippen LogP contribution in [0.15, 0.2) is 48.5 Å². The van der Waals surface area contributed by atoms with Crippen LogP contribution >= 0.6 is 0 Å². The molecule has 0 saturated heterocycles. The second kappa shape index (κ2) is 7.74. The molecule has 0 aliphatic rings. The summed E-state index contributed by atoms with van der Waals surface area (Å²) >= 11 is 0.